The Morgan fingerprint density at radius 3 is 2.52 bits per heavy atom. The number of para-hydroxylation sites is 2. The first kappa shape index (κ1) is 27.8. The van der Waals surface area contributed by atoms with Gasteiger partial charge in [0.25, 0.3) is 5.56 Å². The van der Waals surface area contributed by atoms with Crippen molar-refractivity contribution in [3.63, 3.8) is 0 Å². The molecule has 1 saturated heterocycles. The van der Waals surface area contributed by atoms with E-state index in [1.165, 1.54) is 30.6 Å². The molecule has 0 saturated carbocycles. The molecule has 0 spiro atoms. The Balaban J connectivity index is 1.37. The lowest BCUT2D eigenvalue weighted by atomic mass is 9.88. The van der Waals surface area contributed by atoms with Gasteiger partial charge in [-0.25, -0.2) is 23.1 Å². The number of aromatic nitrogens is 4. The molecule has 1 fully saturated rings. The highest BCUT2D eigenvalue weighted by Crippen LogP contribution is 2.35. The van der Waals surface area contributed by atoms with Crippen molar-refractivity contribution in [2.24, 2.45) is 0 Å². The van der Waals surface area contributed by atoms with E-state index < -0.39 is 29.1 Å². The Morgan fingerprint density at radius 1 is 0.955 bits per heavy atom. The number of fused-ring (bicyclic) bond motifs is 2. The first-order valence-corrected chi connectivity index (χ1v) is 14.4. The van der Waals surface area contributed by atoms with Crippen molar-refractivity contribution in [1.82, 2.24) is 24.4 Å². The smallest absolute Gasteiger partial charge is 0.265 e. The number of benzene rings is 4. The minimum absolute atomic E-state index is 0.0374. The number of H-pyrrole nitrogens is 1. The third kappa shape index (κ3) is 4.81. The molecule has 7 nitrogen and oxygen atoms in total. The molecule has 0 aliphatic carbocycles. The number of rotatable bonds is 5. The fourth-order valence-corrected chi connectivity index (χ4v) is 6.21. The number of piperidine rings is 1. The van der Waals surface area contributed by atoms with E-state index in [2.05, 4.69) is 19.9 Å². The van der Waals surface area contributed by atoms with Gasteiger partial charge in [0.05, 0.1) is 22.9 Å². The zero-order chi connectivity index (χ0) is 30.5. The number of aromatic amines is 1. The van der Waals surface area contributed by atoms with Crippen LogP contribution in [-0.2, 0) is 0 Å². The number of aromatic hydroxyl groups is 1. The van der Waals surface area contributed by atoms with Gasteiger partial charge in [-0.05, 0) is 98.6 Å². The van der Waals surface area contributed by atoms with E-state index in [1.807, 2.05) is 13.1 Å². The van der Waals surface area contributed by atoms with E-state index in [0.717, 1.165) is 42.6 Å². The van der Waals surface area contributed by atoms with Gasteiger partial charge in [-0.2, -0.15) is 0 Å². The molecule has 222 valence electrons. The molecule has 0 bridgehead atoms. The molecule has 44 heavy (non-hydrogen) atoms. The Bertz CT molecular complexity index is 2070. The van der Waals surface area contributed by atoms with Crippen LogP contribution in [0.4, 0.5) is 13.2 Å². The van der Waals surface area contributed by atoms with E-state index >= 15 is 8.78 Å². The zero-order valence-electron chi connectivity index (χ0n) is 23.8. The maximum Gasteiger partial charge on any atom is 0.265 e. The molecular formula is C34H28F3N5O2. The van der Waals surface area contributed by atoms with Crippen molar-refractivity contribution in [3.05, 3.63) is 124 Å². The van der Waals surface area contributed by atoms with E-state index in [9.17, 15) is 14.3 Å². The molecule has 6 aromatic rings. The van der Waals surface area contributed by atoms with Crippen LogP contribution in [0.2, 0.25) is 0 Å². The number of likely N-dealkylation sites (tertiary alicyclic amines) is 1. The molecule has 1 aliphatic heterocycles. The Labute approximate surface area is 250 Å². The highest BCUT2D eigenvalue weighted by atomic mass is 19.1. The summed E-state index contributed by atoms with van der Waals surface area (Å²) in [5.74, 6) is -1.87. The summed E-state index contributed by atoms with van der Waals surface area (Å²) in [7, 11) is 2.04. The number of halogens is 3. The van der Waals surface area contributed by atoms with Crippen LogP contribution in [-0.4, -0.2) is 49.7 Å². The van der Waals surface area contributed by atoms with Crippen molar-refractivity contribution in [2.75, 3.05) is 20.1 Å². The number of hydrogen-bond donors (Lipinski definition) is 2. The van der Waals surface area contributed by atoms with Gasteiger partial charge in [0.1, 0.15) is 40.5 Å². The number of nitrogens with zero attached hydrogens (tertiary/aromatic N) is 4. The topological polar surface area (TPSA) is 87.0 Å². The fourth-order valence-electron chi connectivity index (χ4n) is 6.21. The van der Waals surface area contributed by atoms with Crippen molar-refractivity contribution < 1.29 is 18.3 Å². The molecule has 0 radical (unpaired) electrons. The molecule has 7 rings (SSSR count). The van der Waals surface area contributed by atoms with Gasteiger partial charge in [0.2, 0.25) is 0 Å². The third-order valence-electron chi connectivity index (χ3n) is 8.59. The van der Waals surface area contributed by atoms with Gasteiger partial charge in [-0.1, -0.05) is 24.3 Å². The highest BCUT2D eigenvalue weighted by Gasteiger charge is 2.27. The molecule has 2 aromatic heterocycles. The average molecular weight is 596 g/mol. The summed E-state index contributed by atoms with van der Waals surface area (Å²) in [6.45, 7) is 1.76. The highest BCUT2D eigenvalue weighted by molar-refractivity contribution is 5.85. The van der Waals surface area contributed by atoms with Gasteiger partial charge in [0.15, 0.2) is 0 Å². The van der Waals surface area contributed by atoms with Crippen LogP contribution in [0.5, 0.6) is 5.75 Å². The van der Waals surface area contributed by atoms with Crippen molar-refractivity contribution in [2.45, 2.75) is 24.8 Å². The van der Waals surface area contributed by atoms with Gasteiger partial charge in [0, 0.05) is 11.1 Å². The summed E-state index contributed by atoms with van der Waals surface area (Å²) in [5.41, 5.74) is 1.57. The second kappa shape index (κ2) is 10.9. The summed E-state index contributed by atoms with van der Waals surface area (Å²) in [6, 6.07) is 17.1. The standard InChI is InChI=1S/C34H28F3N5O2/c1-41-14-12-19(13-15-41)22-8-6-20(16-25(22)36)23-9-10-28-30(31(23)37)34(44)42(18-38-28)32(24-17-21(35)7-11-29(24)43)33-39-26-4-2-3-5-27(26)40-33/h2-11,16-19,32,43H,12-15H2,1H3,(H,39,40)/t32-/m0/s1. The molecule has 4 aromatic carbocycles. The molecule has 0 amide bonds. The minimum Gasteiger partial charge on any atom is -0.508 e. The number of phenols is 1. The largest absolute Gasteiger partial charge is 0.508 e. The summed E-state index contributed by atoms with van der Waals surface area (Å²) in [4.78, 5) is 28.4. The lowest BCUT2D eigenvalue weighted by Crippen LogP contribution is -2.29. The van der Waals surface area contributed by atoms with Crippen LogP contribution in [0, 0.1) is 17.5 Å². The van der Waals surface area contributed by atoms with Crippen LogP contribution in [0.1, 0.15) is 41.8 Å². The summed E-state index contributed by atoms with van der Waals surface area (Å²) >= 11 is 0. The van der Waals surface area contributed by atoms with E-state index in [1.54, 1.807) is 30.3 Å². The number of imidazole rings is 1. The average Bonchev–Trinajstić information content (AvgIpc) is 3.44. The molecule has 2 N–H and O–H groups in total. The molecular weight excluding hydrogens is 567 g/mol. The predicted molar refractivity (Wildman–Crippen MR) is 162 cm³/mol. The van der Waals surface area contributed by atoms with Gasteiger partial charge in [-0.3, -0.25) is 9.36 Å². The fraction of sp³-hybridized carbons (Fsp3) is 0.206. The molecule has 0 unspecified atom stereocenters. The second-order valence-electron chi connectivity index (χ2n) is 11.3. The molecule has 3 heterocycles. The van der Waals surface area contributed by atoms with Gasteiger partial charge in [-0.15, -0.1) is 0 Å². The van der Waals surface area contributed by atoms with Crippen molar-refractivity contribution in [1.29, 1.82) is 0 Å². The van der Waals surface area contributed by atoms with Gasteiger partial charge < -0.3 is 15.0 Å². The minimum atomic E-state index is -1.17. The van der Waals surface area contributed by atoms with Crippen LogP contribution >= 0.6 is 0 Å². The first-order chi connectivity index (χ1) is 21.3. The van der Waals surface area contributed by atoms with Crippen LogP contribution < -0.4 is 5.56 Å². The summed E-state index contributed by atoms with van der Waals surface area (Å²) in [6.07, 6.45) is 2.91. The van der Waals surface area contributed by atoms with Crippen molar-refractivity contribution >= 4 is 21.9 Å². The second-order valence-corrected chi connectivity index (χ2v) is 11.3. The van der Waals surface area contributed by atoms with Crippen LogP contribution in [0.25, 0.3) is 33.1 Å². The van der Waals surface area contributed by atoms with Crippen LogP contribution in [0.3, 0.4) is 0 Å². The molecule has 10 heteroatoms. The van der Waals surface area contributed by atoms with E-state index in [4.69, 9.17) is 0 Å². The first-order valence-electron chi connectivity index (χ1n) is 14.4. The number of hydrogen-bond acceptors (Lipinski definition) is 5. The number of nitrogens with one attached hydrogen (secondary N) is 1. The Kier molecular flexibility index (Phi) is 6.93. The SMILES string of the molecule is CN1CCC(c2ccc(-c3ccc4ncn([C@H](c5nc6ccccc6[nH]5)c5cc(F)ccc5O)c(=O)c4c3F)cc2F)CC1. The van der Waals surface area contributed by atoms with E-state index in [0.29, 0.717) is 22.2 Å². The Morgan fingerprint density at radius 2 is 1.75 bits per heavy atom. The Hall–Kier alpha value is -4.96. The lowest BCUT2D eigenvalue weighted by molar-refractivity contribution is 0.253. The van der Waals surface area contributed by atoms with Gasteiger partial charge >= 0.3 is 0 Å². The quantitative estimate of drug-likeness (QED) is 0.237. The van der Waals surface area contributed by atoms with E-state index in [-0.39, 0.29) is 39.5 Å². The predicted octanol–water partition coefficient (Wildman–Crippen LogP) is 6.51. The summed E-state index contributed by atoms with van der Waals surface area (Å²) < 4.78 is 47.2. The molecule has 1 atom stereocenters. The maximum absolute atomic E-state index is 16.3. The lowest BCUT2D eigenvalue weighted by Gasteiger charge is -2.29. The van der Waals surface area contributed by atoms with Crippen molar-refractivity contribution in [3.8, 4) is 16.9 Å². The zero-order valence-corrected chi connectivity index (χ0v) is 23.8. The third-order valence-corrected chi connectivity index (χ3v) is 8.59. The maximum atomic E-state index is 16.3. The molecule has 1 aliphatic rings. The monoisotopic (exact) mass is 595 g/mol. The summed E-state index contributed by atoms with van der Waals surface area (Å²) in [5, 5.41) is 10.4. The normalized spacial score (nSPS) is 15.3. The van der Waals surface area contributed by atoms with Crippen LogP contribution in [0.15, 0.2) is 83.9 Å². The number of phenolic OH excluding ortho intramolecular Hbond substituents is 1.